The van der Waals surface area contributed by atoms with Crippen LogP contribution in [0.15, 0.2) is 17.1 Å². The number of aryl methyl sites for hydroxylation is 1. The summed E-state index contributed by atoms with van der Waals surface area (Å²) in [5.74, 6) is -0.191. The molecule has 0 radical (unpaired) electrons. The summed E-state index contributed by atoms with van der Waals surface area (Å²) in [5, 5.41) is 0. The van der Waals surface area contributed by atoms with Crippen molar-refractivity contribution in [2.75, 3.05) is 6.61 Å². The zero-order chi connectivity index (χ0) is 16.5. The Morgan fingerprint density at radius 2 is 1.95 bits per heavy atom. The molecule has 5 nitrogen and oxygen atoms in total. The van der Waals surface area contributed by atoms with Crippen molar-refractivity contribution in [3.8, 4) is 0 Å². The van der Waals surface area contributed by atoms with Gasteiger partial charge in [0.2, 0.25) is 0 Å². The minimum Gasteiger partial charge on any atom is -0.465 e. The van der Waals surface area contributed by atoms with Crippen LogP contribution in [0.25, 0.3) is 0 Å². The molecule has 1 aromatic rings. The lowest BCUT2D eigenvalue weighted by Crippen LogP contribution is -2.23. The van der Waals surface area contributed by atoms with E-state index >= 15 is 0 Å². The van der Waals surface area contributed by atoms with Crippen LogP contribution in [-0.4, -0.2) is 21.7 Å². The first kappa shape index (κ1) is 18.6. The molecule has 0 aliphatic rings. The zero-order valence-corrected chi connectivity index (χ0v) is 14.5. The third kappa shape index (κ3) is 5.75. The highest BCUT2D eigenvalue weighted by atomic mass is 32.1. The van der Waals surface area contributed by atoms with Gasteiger partial charge >= 0.3 is 5.97 Å². The number of carbonyl (C=O) groups is 1. The fourth-order valence-corrected chi connectivity index (χ4v) is 2.47. The minimum absolute atomic E-state index is 0.0456. The first-order valence-electron chi connectivity index (χ1n) is 7.94. The largest absolute Gasteiger partial charge is 0.465 e. The smallest absolute Gasteiger partial charge is 0.308 e. The monoisotopic (exact) mass is 326 g/mol. The topological polar surface area (TPSA) is 53.2 Å². The van der Waals surface area contributed by atoms with Crippen LogP contribution in [0, 0.1) is 10.7 Å². The van der Waals surface area contributed by atoms with Crippen LogP contribution in [-0.2, 0) is 22.6 Å². The highest BCUT2D eigenvalue weighted by Crippen LogP contribution is 2.04. The van der Waals surface area contributed by atoms with Crippen molar-refractivity contribution in [1.82, 2.24) is 9.13 Å². The number of nitrogens with zero attached hydrogens (tertiary/aromatic N) is 2. The molecule has 0 aliphatic heterocycles. The van der Waals surface area contributed by atoms with Gasteiger partial charge in [-0.15, -0.1) is 0 Å². The molecule has 0 amide bonds. The highest BCUT2D eigenvalue weighted by Gasteiger charge is 2.07. The van der Waals surface area contributed by atoms with Crippen molar-refractivity contribution >= 4 is 18.2 Å². The van der Waals surface area contributed by atoms with Gasteiger partial charge in [0, 0.05) is 25.4 Å². The highest BCUT2D eigenvalue weighted by molar-refractivity contribution is 7.71. The van der Waals surface area contributed by atoms with Crippen LogP contribution in [0.5, 0.6) is 0 Å². The second-order valence-electron chi connectivity index (χ2n) is 5.61. The van der Waals surface area contributed by atoms with Gasteiger partial charge in [-0.2, -0.15) is 0 Å². The molecule has 0 saturated carbocycles. The van der Waals surface area contributed by atoms with Crippen molar-refractivity contribution in [3.05, 3.63) is 27.4 Å². The summed E-state index contributed by atoms with van der Waals surface area (Å²) >= 11 is 5.32. The maximum Gasteiger partial charge on any atom is 0.308 e. The maximum absolute atomic E-state index is 11.6. The number of carbonyl (C=O) groups excluding carboxylic acids is 1. The van der Waals surface area contributed by atoms with E-state index in [1.807, 2.05) is 25.3 Å². The van der Waals surface area contributed by atoms with E-state index < -0.39 is 0 Å². The Kier molecular flexibility index (Phi) is 8.09. The molecule has 0 N–H and O–H groups in total. The molecule has 0 saturated heterocycles. The second-order valence-corrected chi connectivity index (χ2v) is 5.98. The average Bonchev–Trinajstić information content (AvgIpc) is 2.48. The van der Waals surface area contributed by atoms with Crippen molar-refractivity contribution in [3.63, 3.8) is 0 Å². The molecule has 0 bridgehead atoms. The van der Waals surface area contributed by atoms with Gasteiger partial charge in [0.15, 0.2) is 4.77 Å². The van der Waals surface area contributed by atoms with E-state index in [0.717, 1.165) is 32.2 Å². The van der Waals surface area contributed by atoms with Gasteiger partial charge in [0.05, 0.1) is 12.5 Å². The van der Waals surface area contributed by atoms with Gasteiger partial charge in [0.1, 0.15) is 0 Å². The Balaban J connectivity index is 2.27. The number of esters is 1. The van der Waals surface area contributed by atoms with Crippen molar-refractivity contribution in [1.29, 1.82) is 0 Å². The number of hydrogen-bond acceptors (Lipinski definition) is 4. The molecule has 0 fully saturated rings. The van der Waals surface area contributed by atoms with Crippen LogP contribution in [0.1, 0.15) is 46.5 Å². The summed E-state index contributed by atoms with van der Waals surface area (Å²) in [5.41, 5.74) is -0.0456. The van der Waals surface area contributed by atoms with Crippen LogP contribution in [0.3, 0.4) is 0 Å². The average molecular weight is 326 g/mol. The third-order valence-electron chi connectivity index (χ3n) is 3.46. The summed E-state index contributed by atoms with van der Waals surface area (Å²) in [7, 11) is 0. The van der Waals surface area contributed by atoms with E-state index in [0.29, 0.717) is 17.9 Å². The zero-order valence-electron chi connectivity index (χ0n) is 13.7. The van der Waals surface area contributed by atoms with E-state index in [1.165, 1.54) is 0 Å². The summed E-state index contributed by atoms with van der Waals surface area (Å²) < 4.78 is 9.26. The number of rotatable bonds is 9. The van der Waals surface area contributed by atoms with Gasteiger partial charge in [-0.3, -0.25) is 14.2 Å². The van der Waals surface area contributed by atoms with E-state index in [4.69, 9.17) is 17.0 Å². The van der Waals surface area contributed by atoms with Gasteiger partial charge in [-0.05, 0) is 38.4 Å². The Morgan fingerprint density at radius 1 is 1.27 bits per heavy atom. The van der Waals surface area contributed by atoms with Crippen LogP contribution in [0.2, 0.25) is 0 Å². The van der Waals surface area contributed by atoms with Crippen LogP contribution < -0.4 is 5.56 Å². The number of ether oxygens (including phenoxy) is 1. The Bertz CT molecular complexity index is 590. The Labute approximate surface area is 136 Å². The predicted octanol–water partition coefficient (Wildman–Crippen LogP) is 3.16. The predicted molar refractivity (Wildman–Crippen MR) is 89.5 cm³/mol. The molecule has 0 unspecified atom stereocenters. The van der Waals surface area contributed by atoms with Crippen molar-refractivity contribution in [2.45, 2.75) is 59.5 Å². The first-order chi connectivity index (χ1) is 10.5. The van der Waals surface area contributed by atoms with Gasteiger partial charge in [0.25, 0.3) is 5.56 Å². The maximum atomic E-state index is 11.6. The number of hydrogen-bond donors (Lipinski definition) is 0. The molecular weight excluding hydrogens is 300 g/mol. The van der Waals surface area contributed by atoms with Gasteiger partial charge < -0.3 is 9.30 Å². The minimum atomic E-state index is -0.131. The lowest BCUT2D eigenvalue weighted by molar-refractivity contribution is -0.147. The number of aromatic nitrogens is 2. The van der Waals surface area contributed by atoms with E-state index in [1.54, 1.807) is 16.8 Å². The van der Waals surface area contributed by atoms with Crippen LogP contribution in [0.4, 0.5) is 0 Å². The molecule has 124 valence electrons. The second kappa shape index (κ2) is 9.56. The van der Waals surface area contributed by atoms with Crippen molar-refractivity contribution < 1.29 is 9.53 Å². The summed E-state index contributed by atoms with van der Waals surface area (Å²) in [6.45, 7) is 7.49. The van der Waals surface area contributed by atoms with E-state index in [2.05, 4.69) is 0 Å². The van der Waals surface area contributed by atoms with E-state index in [9.17, 15) is 9.59 Å². The molecule has 6 heteroatoms. The van der Waals surface area contributed by atoms with Gasteiger partial charge in [-0.1, -0.05) is 20.3 Å². The molecule has 0 aliphatic carbocycles. The molecule has 0 atom stereocenters. The lowest BCUT2D eigenvalue weighted by Gasteiger charge is -2.10. The Hall–Kier alpha value is -1.43. The number of unbranched alkanes of at least 4 members (excludes halogenated alkanes) is 3. The van der Waals surface area contributed by atoms with Crippen molar-refractivity contribution in [2.24, 2.45) is 5.92 Å². The first-order valence-corrected chi connectivity index (χ1v) is 8.35. The van der Waals surface area contributed by atoms with Crippen LogP contribution >= 0.6 is 12.2 Å². The van der Waals surface area contributed by atoms with E-state index in [-0.39, 0.29) is 17.4 Å². The molecule has 1 heterocycles. The van der Waals surface area contributed by atoms with Gasteiger partial charge in [-0.25, -0.2) is 0 Å². The summed E-state index contributed by atoms with van der Waals surface area (Å²) in [6, 6.07) is 1.56. The summed E-state index contributed by atoms with van der Waals surface area (Å²) in [4.78, 5) is 22.9. The molecule has 22 heavy (non-hydrogen) atoms. The molecule has 0 aromatic carbocycles. The molecular formula is C16H26N2O3S. The fourth-order valence-electron chi connectivity index (χ4n) is 2.10. The lowest BCUT2D eigenvalue weighted by atomic mass is 10.2. The molecule has 0 spiro atoms. The Morgan fingerprint density at radius 3 is 2.59 bits per heavy atom. The standard InChI is InChI=1S/C16H26N2O3S/c1-4-18-14(19)9-11-17(16(18)22)10-7-5-6-8-12-21-15(20)13(2)3/h9,11,13H,4-8,10,12H2,1-3H3. The SMILES string of the molecule is CCn1c(=O)ccn(CCCCCCOC(=O)C(C)C)c1=S. The summed E-state index contributed by atoms with van der Waals surface area (Å²) in [6.07, 6.45) is 5.71. The fraction of sp³-hybridized carbons (Fsp3) is 0.688. The molecule has 1 aromatic heterocycles. The normalized spacial score (nSPS) is 10.9. The third-order valence-corrected chi connectivity index (χ3v) is 3.92. The quantitative estimate of drug-likeness (QED) is 0.397. The molecule has 1 rings (SSSR count).